The van der Waals surface area contributed by atoms with Gasteiger partial charge in [-0.1, -0.05) is 61.6 Å². The van der Waals surface area contributed by atoms with E-state index >= 15 is 0 Å². The standard InChI is InChI=1S/2C17H15N4O4S.Co.Na/c2*1-11-16(17(23)21(20-11)12-6-4-3-5-7-12)19-18-14-10-13(26(2,24)25)8-9-15(14)22;;/h2*3-10,22H,1-2H3;;/q2*-1;;+1. The van der Waals surface area contributed by atoms with Crippen LogP contribution in [0.4, 0.5) is 22.7 Å². The minimum atomic E-state index is -3.46. The Bertz CT molecular complexity index is 2490. The first-order valence-electron chi connectivity index (χ1n) is 15.1. The number of phenols is 2. The summed E-state index contributed by atoms with van der Waals surface area (Å²) in [5, 5.41) is 43.5. The topological polar surface area (TPSA) is 228 Å². The fourth-order valence-corrected chi connectivity index (χ4v) is 5.83. The van der Waals surface area contributed by atoms with E-state index in [0.717, 1.165) is 12.5 Å². The summed E-state index contributed by atoms with van der Waals surface area (Å²) in [5.41, 5.74) is 0.887. The second-order valence-electron chi connectivity index (χ2n) is 11.2. The molecule has 6 aromatic rings. The number of hydrogen-bond donors (Lipinski definition) is 2. The molecule has 54 heavy (non-hydrogen) atoms. The maximum atomic E-state index is 12.5. The van der Waals surface area contributed by atoms with Gasteiger partial charge in [0.05, 0.1) is 21.2 Å². The number of sulfone groups is 2. The number of aromatic hydroxyl groups is 2. The number of aromatic nitrogens is 4. The number of rotatable bonds is 8. The van der Waals surface area contributed by atoms with Crippen molar-refractivity contribution in [1.82, 2.24) is 19.6 Å². The van der Waals surface area contributed by atoms with E-state index in [4.69, 9.17) is 0 Å². The summed E-state index contributed by atoms with van der Waals surface area (Å²) in [6.07, 6.45) is 2.09. The predicted octanol–water partition coefficient (Wildman–Crippen LogP) is 2.57. The van der Waals surface area contributed by atoms with Crippen molar-refractivity contribution in [3.05, 3.63) is 129 Å². The van der Waals surface area contributed by atoms with Crippen LogP contribution in [-0.4, -0.2) is 59.1 Å². The fraction of sp³-hybridized carbons (Fsp3) is 0.118. The molecule has 16 nitrogen and oxygen atoms in total. The molecule has 0 aliphatic heterocycles. The van der Waals surface area contributed by atoms with E-state index in [1.807, 2.05) is 12.1 Å². The van der Waals surface area contributed by atoms with Crippen LogP contribution >= 0.6 is 0 Å². The van der Waals surface area contributed by atoms with Crippen LogP contribution in [0.5, 0.6) is 11.5 Å². The number of aryl methyl sites for hydroxylation is 2. The molecule has 0 atom stereocenters. The molecule has 0 bridgehead atoms. The van der Waals surface area contributed by atoms with Gasteiger partial charge in [-0.2, -0.15) is 10.2 Å². The third-order valence-corrected chi connectivity index (χ3v) is 9.46. The summed E-state index contributed by atoms with van der Waals surface area (Å²) in [7, 11) is -6.93. The maximum absolute atomic E-state index is 12.5. The van der Waals surface area contributed by atoms with Crippen molar-refractivity contribution in [2.75, 3.05) is 12.5 Å². The zero-order chi connectivity index (χ0) is 37.8. The van der Waals surface area contributed by atoms with Gasteiger partial charge < -0.3 is 30.0 Å². The van der Waals surface area contributed by atoms with Crippen LogP contribution in [-0.2, 0) is 36.5 Å². The number of benzene rings is 4. The first-order valence-corrected chi connectivity index (χ1v) is 18.9. The molecule has 2 heterocycles. The molecule has 2 N–H and O–H groups in total. The van der Waals surface area contributed by atoms with Crippen LogP contribution in [0.2, 0.25) is 0 Å². The molecule has 0 amide bonds. The minimum Gasteiger partial charge on any atom is -0.506 e. The monoisotopic (exact) mass is 824 g/mol. The summed E-state index contributed by atoms with van der Waals surface area (Å²) in [6, 6.07) is 25.0. The Kier molecular flexibility index (Phi) is 14.5. The summed E-state index contributed by atoms with van der Waals surface area (Å²) in [5.74, 6) is -0.497. The first-order chi connectivity index (χ1) is 24.5. The fourth-order valence-electron chi connectivity index (χ4n) is 4.55. The number of phenolic OH excluding ortho intramolecular Hbond substituents is 2. The van der Waals surface area contributed by atoms with Gasteiger partial charge in [0.25, 0.3) is 0 Å². The van der Waals surface area contributed by atoms with E-state index in [-0.39, 0.29) is 90.4 Å². The van der Waals surface area contributed by atoms with Crippen molar-refractivity contribution in [2.24, 2.45) is 20.5 Å². The Morgan fingerprint density at radius 3 is 1.24 bits per heavy atom. The molecule has 0 saturated carbocycles. The van der Waals surface area contributed by atoms with Crippen molar-refractivity contribution < 1.29 is 73.4 Å². The molecule has 0 unspecified atom stereocenters. The van der Waals surface area contributed by atoms with Gasteiger partial charge in [0.2, 0.25) is 0 Å². The van der Waals surface area contributed by atoms with E-state index in [9.17, 15) is 36.6 Å². The Labute approximate surface area is 341 Å². The number of azo groups is 2. The van der Waals surface area contributed by atoms with Gasteiger partial charge in [-0.05, 0) is 60.7 Å². The van der Waals surface area contributed by atoms with Crippen molar-refractivity contribution in [3.8, 4) is 22.9 Å². The summed E-state index contributed by atoms with van der Waals surface area (Å²) in [4.78, 5) is 25.0. The molecule has 2 aromatic heterocycles. The predicted molar refractivity (Wildman–Crippen MR) is 191 cm³/mol. The van der Waals surface area contributed by atoms with Gasteiger partial charge >= 0.3 is 29.6 Å². The quantitative estimate of drug-likeness (QED) is 0.130. The van der Waals surface area contributed by atoms with E-state index < -0.39 is 30.8 Å². The Morgan fingerprint density at radius 1 is 0.593 bits per heavy atom. The van der Waals surface area contributed by atoms with E-state index in [2.05, 4.69) is 30.7 Å². The summed E-state index contributed by atoms with van der Waals surface area (Å²) >= 11 is 0. The molecular formula is C34H30CoN8NaO8S2-. The molecule has 4 aromatic carbocycles. The smallest absolute Gasteiger partial charge is 0.506 e. The maximum Gasteiger partial charge on any atom is 1.00 e. The van der Waals surface area contributed by atoms with Gasteiger partial charge in [0.1, 0.15) is 34.0 Å². The second-order valence-corrected chi connectivity index (χ2v) is 15.2. The zero-order valence-corrected chi connectivity index (χ0v) is 34.0. The molecule has 0 aliphatic carbocycles. The molecule has 0 saturated heterocycles. The van der Waals surface area contributed by atoms with Crippen LogP contribution in [0.1, 0.15) is 11.4 Å². The zero-order valence-electron chi connectivity index (χ0n) is 29.3. The third-order valence-electron chi connectivity index (χ3n) is 7.24. The van der Waals surface area contributed by atoms with Crippen LogP contribution < -0.4 is 40.7 Å². The average molecular weight is 825 g/mol. The number of para-hydroxylation sites is 2. The van der Waals surface area contributed by atoms with Crippen molar-refractivity contribution >= 4 is 42.4 Å². The van der Waals surface area contributed by atoms with E-state index in [1.165, 1.54) is 45.8 Å². The van der Waals surface area contributed by atoms with Crippen LogP contribution in [0.15, 0.2) is 137 Å². The summed E-state index contributed by atoms with van der Waals surface area (Å²) < 4.78 is 48.9. The van der Waals surface area contributed by atoms with Gasteiger partial charge in [-0.25, -0.2) is 36.4 Å². The number of nitrogens with zero attached hydrogens (tertiary/aromatic N) is 8. The Hall–Kier alpha value is -4.89. The van der Waals surface area contributed by atoms with Gasteiger partial charge in [0.15, 0.2) is 19.7 Å². The van der Waals surface area contributed by atoms with Gasteiger partial charge in [-0.3, -0.25) is 0 Å². The normalized spacial score (nSPS) is 11.5. The molecule has 1 radical (unpaired) electrons. The molecule has 20 heteroatoms. The molecule has 0 fully saturated rings. The van der Waals surface area contributed by atoms with Crippen molar-refractivity contribution in [1.29, 1.82) is 0 Å². The Balaban J connectivity index is 0.000000280. The average Bonchev–Trinajstić information content (AvgIpc) is 3.56. The van der Waals surface area contributed by atoms with Crippen LogP contribution in [0.25, 0.3) is 11.4 Å². The first kappa shape index (κ1) is 43.5. The Morgan fingerprint density at radius 2 is 0.926 bits per heavy atom. The van der Waals surface area contributed by atoms with Gasteiger partial charge in [0, 0.05) is 29.3 Å². The molecular weight excluding hydrogens is 794 g/mol. The van der Waals surface area contributed by atoms with E-state index in [0.29, 0.717) is 22.8 Å². The SMILES string of the molecule is Cc1nn(-c2ccccc2)c(=O)[c-]1N=Nc1cc(S(C)(=O)=O)ccc1O.Cc1nn(-c2ccccc2)c(=O)[c-]1N=Nc1cc(S(C)(=O)=O)ccc1O.[Co].[Na+]. The van der Waals surface area contributed by atoms with Crippen molar-refractivity contribution in [2.45, 2.75) is 23.6 Å². The third kappa shape index (κ3) is 10.2. The molecule has 6 rings (SSSR count). The molecule has 0 aliphatic rings. The minimum absolute atomic E-state index is 0. The van der Waals surface area contributed by atoms with E-state index in [1.54, 1.807) is 62.4 Å². The molecule has 0 spiro atoms. The molecule has 277 valence electrons. The summed E-state index contributed by atoms with van der Waals surface area (Å²) in [6.45, 7) is 3.23. The second kappa shape index (κ2) is 18.0. The van der Waals surface area contributed by atoms with Crippen molar-refractivity contribution in [3.63, 3.8) is 0 Å². The van der Waals surface area contributed by atoms with Crippen LogP contribution in [0.3, 0.4) is 0 Å². The number of hydrogen-bond acceptors (Lipinski definition) is 14. The van der Waals surface area contributed by atoms with Crippen LogP contribution in [0, 0.1) is 13.8 Å². The van der Waals surface area contributed by atoms with Gasteiger partial charge in [-0.15, -0.1) is 11.4 Å². The largest absolute Gasteiger partial charge is 1.00 e.